The minimum absolute atomic E-state index is 0. The molecule has 1 aromatic heterocycles. The zero-order chi connectivity index (χ0) is 11.7. The van der Waals surface area contributed by atoms with Gasteiger partial charge in [0.2, 0.25) is 0 Å². The van der Waals surface area contributed by atoms with Crippen LogP contribution >= 0.6 is 35.5 Å². The first kappa shape index (κ1) is 14.0. The van der Waals surface area contributed by atoms with E-state index in [1.165, 1.54) is 24.1 Å². The molecule has 0 saturated carbocycles. The number of aromatic nitrogens is 1. The van der Waals surface area contributed by atoms with Crippen LogP contribution in [0, 0.1) is 0 Å². The molecule has 2 aliphatic rings. The molecule has 100 valence electrons. The van der Waals surface area contributed by atoms with Crippen LogP contribution in [0.15, 0.2) is 17.3 Å². The van der Waals surface area contributed by atoms with Crippen LogP contribution in [0.25, 0.3) is 0 Å². The molecule has 0 spiro atoms. The predicted molar refractivity (Wildman–Crippen MR) is 85.7 cm³/mol. The van der Waals surface area contributed by atoms with E-state index in [4.69, 9.17) is 0 Å². The van der Waals surface area contributed by atoms with Crippen molar-refractivity contribution in [2.24, 2.45) is 4.99 Å². The lowest BCUT2D eigenvalue weighted by Crippen LogP contribution is -2.46. The molecule has 0 aromatic carbocycles. The summed E-state index contributed by atoms with van der Waals surface area (Å²) in [4.78, 5) is 8.36. The summed E-state index contributed by atoms with van der Waals surface area (Å²) in [6, 6.07) is 3.03. The van der Waals surface area contributed by atoms with Crippen molar-refractivity contribution in [1.82, 2.24) is 14.6 Å². The van der Waals surface area contributed by atoms with E-state index in [1.807, 2.05) is 6.20 Å². The highest BCUT2D eigenvalue weighted by atomic mass is 127. The summed E-state index contributed by atoms with van der Waals surface area (Å²) < 4.78 is 4.15. The van der Waals surface area contributed by atoms with Crippen molar-refractivity contribution < 1.29 is 0 Å². The Morgan fingerprint density at radius 1 is 1.50 bits per heavy atom. The molecule has 0 amide bonds. The lowest BCUT2D eigenvalue weighted by atomic mass is 10.0. The van der Waals surface area contributed by atoms with Crippen LogP contribution in [0.3, 0.4) is 0 Å². The SMILES string of the molecule is CC(NC1=NC[C@H]2CCCCN12)c1ccns1.I. The monoisotopic (exact) mass is 378 g/mol. The molecule has 1 unspecified atom stereocenters. The minimum Gasteiger partial charge on any atom is -0.349 e. The van der Waals surface area contributed by atoms with Gasteiger partial charge in [0, 0.05) is 17.6 Å². The van der Waals surface area contributed by atoms with Crippen LogP contribution in [0.5, 0.6) is 0 Å². The van der Waals surface area contributed by atoms with Crippen molar-refractivity contribution in [2.75, 3.05) is 13.1 Å². The Hall–Kier alpha value is -0.370. The van der Waals surface area contributed by atoms with Crippen LogP contribution in [-0.2, 0) is 0 Å². The number of guanidine groups is 1. The van der Waals surface area contributed by atoms with Gasteiger partial charge in [-0.2, -0.15) is 0 Å². The topological polar surface area (TPSA) is 40.5 Å². The Bertz CT molecular complexity index is 406. The molecular formula is C12H19IN4S. The molecule has 0 aliphatic carbocycles. The van der Waals surface area contributed by atoms with Crippen LogP contribution in [0.2, 0.25) is 0 Å². The average molecular weight is 378 g/mol. The fourth-order valence-electron chi connectivity index (χ4n) is 2.59. The highest BCUT2D eigenvalue weighted by Crippen LogP contribution is 2.23. The van der Waals surface area contributed by atoms with Gasteiger partial charge in [-0.25, -0.2) is 4.37 Å². The van der Waals surface area contributed by atoms with E-state index in [9.17, 15) is 0 Å². The van der Waals surface area contributed by atoms with Gasteiger partial charge >= 0.3 is 0 Å². The third-order valence-corrected chi connectivity index (χ3v) is 4.51. The highest BCUT2D eigenvalue weighted by Gasteiger charge is 2.30. The third kappa shape index (κ3) is 2.79. The van der Waals surface area contributed by atoms with Gasteiger partial charge in [-0.05, 0) is 43.8 Å². The molecule has 18 heavy (non-hydrogen) atoms. The minimum atomic E-state index is 0. The van der Waals surface area contributed by atoms with Crippen molar-refractivity contribution in [1.29, 1.82) is 0 Å². The summed E-state index contributed by atoms with van der Waals surface area (Å²) in [6.07, 6.45) is 5.81. The van der Waals surface area contributed by atoms with E-state index >= 15 is 0 Å². The number of nitrogens with zero attached hydrogens (tertiary/aromatic N) is 3. The molecule has 3 rings (SSSR count). The summed E-state index contributed by atoms with van der Waals surface area (Å²) >= 11 is 1.56. The molecule has 4 nitrogen and oxygen atoms in total. The maximum atomic E-state index is 4.65. The average Bonchev–Trinajstić information content (AvgIpc) is 2.98. The van der Waals surface area contributed by atoms with Crippen molar-refractivity contribution in [3.05, 3.63) is 17.1 Å². The number of aliphatic imine (C=N–C) groups is 1. The second-order valence-corrected chi connectivity index (χ2v) is 5.65. The molecule has 1 saturated heterocycles. The van der Waals surface area contributed by atoms with Crippen LogP contribution in [-0.4, -0.2) is 34.4 Å². The normalized spacial score (nSPS) is 23.9. The molecule has 2 atom stereocenters. The fourth-order valence-corrected chi connectivity index (χ4v) is 3.18. The molecule has 0 radical (unpaired) electrons. The van der Waals surface area contributed by atoms with Crippen molar-refractivity contribution >= 4 is 41.5 Å². The Labute approximate surface area is 129 Å². The summed E-state index contributed by atoms with van der Waals surface area (Å²) in [5.41, 5.74) is 0. The van der Waals surface area contributed by atoms with Crippen molar-refractivity contribution in [3.8, 4) is 0 Å². The smallest absolute Gasteiger partial charge is 0.194 e. The number of piperidine rings is 1. The Morgan fingerprint density at radius 3 is 3.17 bits per heavy atom. The van der Waals surface area contributed by atoms with Crippen LogP contribution in [0.4, 0.5) is 0 Å². The van der Waals surface area contributed by atoms with E-state index in [0.29, 0.717) is 12.1 Å². The number of nitrogens with one attached hydrogen (secondary N) is 1. The predicted octanol–water partition coefficient (Wildman–Crippen LogP) is 2.64. The van der Waals surface area contributed by atoms with Gasteiger partial charge in [-0.3, -0.25) is 4.99 Å². The molecule has 0 bridgehead atoms. The van der Waals surface area contributed by atoms with Gasteiger partial charge in [-0.1, -0.05) is 0 Å². The largest absolute Gasteiger partial charge is 0.349 e. The first-order chi connectivity index (χ1) is 8.34. The lowest BCUT2D eigenvalue weighted by molar-refractivity contribution is 0.261. The lowest BCUT2D eigenvalue weighted by Gasteiger charge is -2.33. The standard InChI is InChI=1S/C12H18N4S.HI/c1-9(11-5-6-14-17-11)15-12-13-8-10-4-2-3-7-16(10)12;/h5-6,9-10H,2-4,7-8H2,1H3,(H,13,15);1H/t9?,10-;/m1./s1. The van der Waals surface area contributed by atoms with E-state index in [0.717, 1.165) is 19.0 Å². The maximum absolute atomic E-state index is 4.65. The number of hydrogen-bond donors (Lipinski definition) is 1. The quantitative estimate of drug-likeness (QED) is 0.805. The second-order valence-electron chi connectivity index (χ2n) is 4.79. The van der Waals surface area contributed by atoms with Gasteiger partial charge < -0.3 is 10.2 Å². The van der Waals surface area contributed by atoms with Gasteiger partial charge in [0.05, 0.1) is 18.6 Å². The van der Waals surface area contributed by atoms with Crippen LogP contribution in [0.1, 0.15) is 37.1 Å². The summed E-state index contributed by atoms with van der Waals surface area (Å²) in [6.45, 7) is 4.30. The molecular weight excluding hydrogens is 359 g/mol. The van der Waals surface area contributed by atoms with Gasteiger partial charge in [0.1, 0.15) is 0 Å². The zero-order valence-corrected chi connectivity index (χ0v) is 13.6. The first-order valence-electron chi connectivity index (χ1n) is 6.33. The van der Waals surface area contributed by atoms with Gasteiger partial charge in [0.25, 0.3) is 0 Å². The van der Waals surface area contributed by atoms with E-state index in [2.05, 4.69) is 32.6 Å². The third-order valence-electron chi connectivity index (χ3n) is 3.58. The molecule has 2 aliphatic heterocycles. The molecule has 1 N–H and O–H groups in total. The van der Waals surface area contributed by atoms with Crippen molar-refractivity contribution in [2.45, 2.75) is 38.3 Å². The number of halogens is 1. The van der Waals surface area contributed by atoms with Gasteiger partial charge in [-0.15, -0.1) is 24.0 Å². The summed E-state index contributed by atoms with van der Waals surface area (Å²) in [5.74, 6) is 1.09. The van der Waals surface area contributed by atoms with Crippen LogP contribution < -0.4 is 5.32 Å². The highest BCUT2D eigenvalue weighted by molar-refractivity contribution is 14.0. The van der Waals surface area contributed by atoms with Crippen molar-refractivity contribution in [3.63, 3.8) is 0 Å². The molecule has 3 heterocycles. The van der Waals surface area contributed by atoms with E-state index < -0.39 is 0 Å². The van der Waals surface area contributed by atoms with Gasteiger partial charge in [0.15, 0.2) is 5.96 Å². The molecule has 1 aromatic rings. The maximum Gasteiger partial charge on any atom is 0.194 e. The summed E-state index contributed by atoms with van der Waals surface area (Å²) in [7, 11) is 0. The number of hydrogen-bond acceptors (Lipinski definition) is 5. The second kappa shape index (κ2) is 6.18. The fraction of sp³-hybridized carbons (Fsp3) is 0.667. The number of fused-ring (bicyclic) bond motifs is 1. The number of rotatable bonds is 2. The molecule has 1 fully saturated rings. The first-order valence-corrected chi connectivity index (χ1v) is 7.10. The molecule has 6 heteroatoms. The zero-order valence-electron chi connectivity index (χ0n) is 10.5. The Balaban J connectivity index is 0.00000120. The Kier molecular flexibility index (Phi) is 4.83. The summed E-state index contributed by atoms with van der Waals surface area (Å²) in [5, 5.41) is 3.53. The Morgan fingerprint density at radius 2 is 2.39 bits per heavy atom. The van der Waals surface area contributed by atoms with E-state index in [-0.39, 0.29) is 24.0 Å². The van der Waals surface area contributed by atoms with E-state index in [1.54, 1.807) is 11.5 Å².